The number of nitrogens with one attached hydrogen (secondary N) is 2. The fourth-order valence-electron chi connectivity index (χ4n) is 3.88. The molecule has 8 heteroatoms. The average molecular weight is 393 g/mol. The van der Waals surface area contributed by atoms with Crippen molar-refractivity contribution in [2.45, 2.75) is 43.2 Å². The summed E-state index contributed by atoms with van der Waals surface area (Å²) in [6, 6.07) is 7.18. The van der Waals surface area contributed by atoms with Crippen LogP contribution in [0.15, 0.2) is 34.2 Å². The lowest BCUT2D eigenvalue weighted by Gasteiger charge is -2.25. The first-order valence-electron chi connectivity index (χ1n) is 9.64. The lowest BCUT2D eigenvalue weighted by atomic mass is 9.87. The summed E-state index contributed by atoms with van der Waals surface area (Å²) in [6.07, 6.45) is 4.15. The molecule has 0 radical (unpaired) electrons. The third-order valence-corrected chi connectivity index (χ3v) is 7.25. The summed E-state index contributed by atoms with van der Waals surface area (Å²) in [5.41, 5.74) is 1.32. The van der Waals surface area contributed by atoms with Gasteiger partial charge in [0.2, 0.25) is 10.0 Å². The van der Waals surface area contributed by atoms with Crippen molar-refractivity contribution < 1.29 is 13.2 Å². The van der Waals surface area contributed by atoms with Gasteiger partial charge in [0.05, 0.1) is 11.5 Å². The highest BCUT2D eigenvalue weighted by atomic mass is 32.2. The number of aliphatic imine (C=N–C) groups is 1. The fraction of sp³-hybridized carbons (Fsp3) is 0.632. The van der Waals surface area contributed by atoms with Gasteiger partial charge in [0.25, 0.3) is 0 Å². The highest BCUT2D eigenvalue weighted by Crippen LogP contribution is 2.38. The van der Waals surface area contributed by atoms with E-state index < -0.39 is 10.0 Å². The van der Waals surface area contributed by atoms with E-state index >= 15 is 0 Å². The van der Waals surface area contributed by atoms with Crippen LogP contribution in [0, 0.1) is 5.41 Å². The Hall–Kier alpha value is -1.64. The van der Waals surface area contributed by atoms with Crippen LogP contribution in [0.1, 0.15) is 31.2 Å². The van der Waals surface area contributed by atoms with Gasteiger partial charge in [-0.25, -0.2) is 13.1 Å². The molecule has 0 amide bonds. The maximum absolute atomic E-state index is 12.2. The van der Waals surface area contributed by atoms with E-state index in [-0.39, 0.29) is 6.04 Å². The van der Waals surface area contributed by atoms with Crippen LogP contribution in [-0.2, 0) is 21.3 Å². The largest absolute Gasteiger partial charge is 0.381 e. The van der Waals surface area contributed by atoms with Crippen LogP contribution in [0.25, 0.3) is 0 Å². The van der Waals surface area contributed by atoms with E-state index in [2.05, 4.69) is 19.9 Å². The highest BCUT2D eigenvalue weighted by Gasteiger charge is 2.42. The molecule has 2 saturated heterocycles. The Labute approximate surface area is 161 Å². The molecule has 1 aromatic carbocycles. The lowest BCUT2D eigenvalue weighted by molar-refractivity contribution is 0.156. The zero-order valence-corrected chi connectivity index (χ0v) is 16.6. The van der Waals surface area contributed by atoms with Crippen LogP contribution < -0.4 is 10.0 Å². The number of hydrogen-bond donors (Lipinski definition) is 2. The second-order valence-electron chi connectivity index (χ2n) is 7.91. The molecule has 2 N–H and O–H groups in total. The molecule has 1 aliphatic carbocycles. The second kappa shape index (κ2) is 7.41. The molecule has 0 aromatic heterocycles. The molecule has 3 aliphatic rings. The van der Waals surface area contributed by atoms with E-state index in [1.165, 1.54) is 0 Å². The molecule has 3 fully saturated rings. The summed E-state index contributed by atoms with van der Waals surface area (Å²) in [6.45, 7) is 4.31. The Balaban J connectivity index is 1.33. The molecule has 1 atom stereocenters. The molecule has 1 aromatic rings. The van der Waals surface area contributed by atoms with Crippen molar-refractivity contribution in [1.82, 2.24) is 14.9 Å². The number of rotatable bonds is 5. The standard InChI is InChI=1S/C19H28N4O3S/c1-20-18(23-10-8-19(13-23)9-11-26-14-19)21-12-15-2-6-17(7-3-15)27(24,25)22-16-4-5-16/h2-3,6-7,16,22H,4-5,8-14H2,1H3,(H,20,21). The SMILES string of the molecule is CN=C(NCc1ccc(S(=O)(=O)NC2CC2)cc1)N1CCC2(CCOC2)C1. The summed E-state index contributed by atoms with van der Waals surface area (Å²) in [5, 5.41) is 3.40. The molecule has 2 aliphatic heterocycles. The zero-order valence-electron chi connectivity index (χ0n) is 15.8. The van der Waals surface area contributed by atoms with Crippen molar-refractivity contribution in [3.8, 4) is 0 Å². The Morgan fingerprint density at radius 3 is 2.70 bits per heavy atom. The maximum atomic E-state index is 12.2. The molecular weight excluding hydrogens is 364 g/mol. The van der Waals surface area contributed by atoms with E-state index in [4.69, 9.17) is 4.74 Å². The summed E-state index contributed by atoms with van der Waals surface area (Å²) >= 11 is 0. The predicted molar refractivity (Wildman–Crippen MR) is 104 cm³/mol. The highest BCUT2D eigenvalue weighted by molar-refractivity contribution is 7.89. The van der Waals surface area contributed by atoms with Crippen molar-refractivity contribution in [2.24, 2.45) is 10.4 Å². The molecule has 1 spiro atoms. The Bertz CT molecular complexity index is 797. The van der Waals surface area contributed by atoms with Gasteiger partial charge in [-0.15, -0.1) is 0 Å². The van der Waals surface area contributed by atoms with Crippen LogP contribution in [0.5, 0.6) is 0 Å². The molecular formula is C19H28N4O3S. The number of hydrogen-bond acceptors (Lipinski definition) is 4. The third-order valence-electron chi connectivity index (χ3n) is 5.72. The predicted octanol–water partition coefficient (Wildman–Crippen LogP) is 1.32. The summed E-state index contributed by atoms with van der Waals surface area (Å²) in [4.78, 5) is 7.04. The minimum absolute atomic E-state index is 0.119. The van der Waals surface area contributed by atoms with Gasteiger partial charge >= 0.3 is 0 Å². The number of ether oxygens (including phenoxy) is 1. The fourth-order valence-corrected chi connectivity index (χ4v) is 5.18. The van der Waals surface area contributed by atoms with Crippen LogP contribution >= 0.6 is 0 Å². The zero-order chi connectivity index (χ0) is 18.9. The molecule has 4 rings (SSSR count). The van der Waals surface area contributed by atoms with Crippen LogP contribution in [0.4, 0.5) is 0 Å². The monoisotopic (exact) mass is 392 g/mol. The molecule has 2 heterocycles. The van der Waals surface area contributed by atoms with Gasteiger partial charge in [-0.1, -0.05) is 12.1 Å². The average Bonchev–Trinajstić information content (AvgIpc) is 3.18. The quantitative estimate of drug-likeness (QED) is 0.583. The molecule has 1 unspecified atom stereocenters. The smallest absolute Gasteiger partial charge is 0.240 e. The maximum Gasteiger partial charge on any atom is 0.240 e. The van der Waals surface area contributed by atoms with Gasteiger partial charge in [-0.05, 0) is 43.4 Å². The first-order chi connectivity index (χ1) is 13.0. The van der Waals surface area contributed by atoms with Gasteiger partial charge in [0.1, 0.15) is 0 Å². The van der Waals surface area contributed by atoms with Crippen molar-refractivity contribution in [3.63, 3.8) is 0 Å². The summed E-state index contributed by atoms with van der Waals surface area (Å²) < 4.78 is 32.8. The number of sulfonamides is 1. The molecule has 7 nitrogen and oxygen atoms in total. The van der Waals surface area contributed by atoms with Crippen LogP contribution in [0.2, 0.25) is 0 Å². The van der Waals surface area contributed by atoms with E-state index in [0.29, 0.717) is 16.9 Å². The van der Waals surface area contributed by atoms with Crippen molar-refractivity contribution in [3.05, 3.63) is 29.8 Å². The van der Waals surface area contributed by atoms with E-state index in [9.17, 15) is 8.42 Å². The van der Waals surface area contributed by atoms with Crippen molar-refractivity contribution in [2.75, 3.05) is 33.4 Å². The summed E-state index contributed by atoms with van der Waals surface area (Å²) in [5.74, 6) is 0.894. The third kappa shape index (κ3) is 4.28. The Morgan fingerprint density at radius 2 is 2.07 bits per heavy atom. The van der Waals surface area contributed by atoms with E-state index in [1.54, 1.807) is 19.2 Å². The van der Waals surface area contributed by atoms with Crippen molar-refractivity contribution >= 4 is 16.0 Å². The molecule has 1 saturated carbocycles. The Morgan fingerprint density at radius 1 is 1.30 bits per heavy atom. The topological polar surface area (TPSA) is 83.0 Å². The number of likely N-dealkylation sites (tertiary alicyclic amines) is 1. The minimum Gasteiger partial charge on any atom is -0.381 e. The van der Waals surface area contributed by atoms with Crippen LogP contribution in [-0.4, -0.2) is 58.7 Å². The van der Waals surface area contributed by atoms with Gasteiger partial charge < -0.3 is 15.0 Å². The number of benzene rings is 1. The van der Waals surface area contributed by atoms with E-state index in [1.807, 2.05) is 12.1 Å². The number of guanidine groups is 1. The van der Waals surface area contributed by atoms with Gasteiger partial charge in [0.15, 0.2) is 5.96 Å². The minimum atomic E-state index is -3.39. The van der Waals surface area contributed by atoms with Crippen molar-refractivity contribution in [1.29, 1.82) is 0 Å². The van der Waals surface area contributed by atoms with Gasteiger partial charge in [-0.2, -0.15) is 0 Å². The Kier molecular flexibility index (Phi) is 5.13. The van der Waals surface area contributed by atoms with E-state index in [0.717, 1.165) is 63.5 Å². The molecule has 27 heavy (non-hydrogen) atoms. The second-order valence-corrected chi connectivity index (χ2v) is 9.63. The normalized spacial score (nSPS) is 26.1. The molecule has 0 bridgehead atoms. The first-order valence-corrected chi connectivity index (χ1v) is 11.1. The lowest BCUT2D eigenvalue weighted by Crippen LogP contribution is -2.41. The molecule has 148 valence electrons. The van der Waals surface area contributed by atoms with Gasteiger partial charge in [-0.3, -0.25) is 4.99 Å². The summed E-state index contributed by atoms with van der Waals surface area (Å²) in [7, 11) is -1.59. The van der Waals surface area contributed by atoms with Crippen LogP contribution in [0.3, 0.4) is 0 Å². The van der Waals surface area contributed by atoms with Gasteiger partial charge in [0, 0.05) is 44.7 Å². The number of nitrogens with zero attached hydrogens (tertiary/aromatic N) is 2. The first kappa shape index (κ1) is 18.7.